The van der Waals surface area contributed by atoms with Gasteiger partial charge in [-0.1, -0.05) is 13.8 Å². The molecule has 0 bridgehead atoms. The molecule has 4 nitrogen and oxygen atoms in total. The number of hydrogen-bond acceptors (Lipinski definition) is 4. The summed E-state index contributed by atoms with van der Waals surface area (Å²) in [5, 5.41) is 0. The Morgan fingerprint density at radius 2 is 1.65 bits per heavy atom. The van der Waals surface area contributed by atoms with Crippen LogP contribution in [0.5, 0.6) is 0 Å². The van der Waals surface area contributed by atoms with Crippen LogP contribution in [-0.2, 0) is 9.31 Å². The predicted molar refractivity (Wildman–Crippen MR) is 95.1 cm³/mol. The Bertz CT molecular complexity index is 550. The molecular formula is C18H29BN2O2. The Morgan fingerprint density at radius 3 is 2.22 bits per heavy atom. The van der Waals surface area contributed by atoms with Crippen molar-refractivity contribution in [1.29, 1.82) is 0 Å². The fourth-order valence-electron chi connectivity index (χ4n) is 3.58. The van der Waals surface area contributed by atoms with Crippen LogP contribution in [0.25, 0.3) is 0 Å². The van der Waals surface area contributed by atoms with Crippen LogP contribution in [0.3, 0.4) is 0 Å². The quantitative estimate of drug-likeness (QED) is 0.786. The number of anilines is 1. The second-order valence-electron chi connectivity index (χ2n) is 8.39. The van der Waals surface area contributed by atoms with Crippen molar-refractivity contribution in [3.05, 3.63) is 18.3 Å². The minimum atomic E-state index is -0.318. The summed E-state index contributed by atoms with van der Waals surface area (Å²) in [6.07, 6.45) is 3.17. The van der Waals surface area contributed by atoms with E-state index in [4.69, 9.17) is 9.31 Å². The molecule has 0 aromatic carbocycles. The van der Waals surface area contributed by atoms with Gasteiger partial charge in [-0.15, -0.1) is 0 Å². The van der Waals surface area contributed by atoms with Crippen molar-refractivity contribution in [3.63, 3.8) is 0 Å². The van der Waals surface area contributed by atoms with Gasteiger partial charge in [0.2, 0.25) is 0 Å². The smallest absolute Gasteiger partial charge is 0.399 e. The van der Waals surface area contributed by atoms with E-state index in [0.717, 1.165) is 24.4 Å². The van der Waals surface area contributed by atoms with Crippen molar-refractivity contribution < 1.29 is 9.31 Å². The van der Waals surface area contributed by atoms with E-state index in [2.05, 4.69) is 57.5 Å². The topological polar surface area (TPSA) is 34.6 Å². The first kappa shape index (κ1) is 16.8. The SMILES string of the molecule is CC1CC(C)CN(c2cc(B3OC(C)(C)C(C)(C)O3)ccn2)C1. The third kappa shape index (κ3) is 3.27. The minimum absolute atomic E-state index is 0.310. The maximum Gasteiger partial charge on any atom is 0.495 e. The van der Waals surface area contributed by atoms with Gasteiger partial charge in [-0.25, -0.2) is 4.98 Å². The van der Waals surface area contributed by atoms with Gasteiger partial charge in [-0.3, -0.25) is 0 Å². The van der Waals surface area contributed by atoms with Gasteiger partial charge in [-0.2, -0.15) is 0 Å². The zero-order valence-corrected chi connectivity index (χ0v) is 15.3. The van der Waals surface area contributed by atoms with E-state index in [9.17, 15) is 0 Å². The lowest BCUT2D eigenvalue weighted by Crippen LogP contribution is -2.41. The standard InChI is InChI=1S/C18H29BN2O2/c1-13-9-14(2)12-21(11-13)16-10-15(7-8-20-16)19-22-17(3,4)18(5,6)23-19/h7-8,10,13-14H,9,11-12H2,1-6H3. The highest BCUT2D eigenvalue weighted by atomic mass is 16.7. The van der Waals surface area contributed by atoms with Crippen molar-refractivity contribution in [2.75, 3.05) is 18.0 Å². The fraction of sp³-hybridized carbons (Fsp3) is 0.722. The molecule has 1 aromatic heterocycles. The molecule has 2 aliphatic heterocycles. The van der Waals surface area contributed by atoms with Crippen molar-refractivity contribution in [2.45, 2.75) is 59.2 Å². The molecule has 0 amide bonds. The number of aromatic nitrogens is 1. The molecule has 2 atom stereocenters. The van der Waals surface area contributed by atoms with Gasteiger partial charge in [0.1, 0.15) is 5.82 Å². The first-order valence-electron chi connectivity index (χ1n) is 8.74. The molecule has 2 aliphatic rings. The van der Waals surface area contributed by atoms with E-state index in [1.165, 1.54) is 6.42 Å². The zero-order chi connectivity index (χ0) is 16.8. The summed E-state index contributed by atoms with van der Waals surface area (Å²) in [5.74, 6) is 2.46. The van der Waals surface area contributed by atoms with Crippen LogP contribution < -0.4 is 10.4 Å². The molecule has 2 fully saturated rings. The van der Waals surface area contributed by atoms with Gasteiger partial charge < -0.3 is 14.2 Å². The van der Waals surface area contributed by atoms with Crippen LogP contribution in [0.15, 0.2) is 18.3 Å². The molecule has 1 aromatic rings. The lowest BCUT2D eigenvalue weighted by molar-refractivity contribution is 0.00578. The van der Waals surface area contributed by atoms with Gasteiger partial charge >= 0.3 is 7.12 Å². The zero-order valence-electron chi connectivity index (χ0n) is 15.3. The molecule has 2 unspecified atom stereocenters. The second-order valence-corrected chi connectivity index (χ2v) is 8.39. The highest BCUT2D eigenvalue weighted by Crippen LogP contribution is 2.36. The van der Waals surface area contributed by atoms with E-state index in [0.29, 0.717) is 11.8 Å². The molecule has 0 saturated carbocycles. The molecule has 0 N–H and O–H groups in total. The lowest BCUT2D eigenvalue weighted by Gasteiger charge is -2.36. The molecule has 23 heavy (non-hydrogen) atoms. The van der Waals surface area contributed by atoms with Crippen molar-refractivity contribution in [3.8, 4) is 0 Å². The van der Waals surface area contributed by atoms with Gasteiger partial charge in [0, 0.05) is 19.3 Å². The Labute approximate surface area is 140 Å². The van der Waals surface area contributed by atoms with E-state index in [1.807, 2.05) is 12.3 Å². The highest BCUT2D eigenvalue weighted by molar-refractivity contribution is 6.62. The first-order chi connectivity index (χ1) is 10.7. The Balaban J connectivity index is 1.81. The van der Waals surface area contributed by atoms with E-state index >= 15 is 0 Å². The largest absolute Gasteiger partial charge is 0.495 e. The Morgan fingerprint density at radius 1 is 1.09 bits per heavy atom. The summed E-state index contributed by atoms with van der Waals surface area (Å²) in [6.45, 7) is 15.1. The van der Waals surface area contributed by atoms with E-state index in [1.54, 1.807) is 0 Å². The molecule has 3 heterocycles. The molecule has 0 radical (unpaired) electrons. The summed E-state index contributed by atoms with van der Waals surface area (Å²) >= 11 is 0. The molecule has 0 aliphatic carbocycles. The maximum absolute atomic E-state index is 6.17. The van der Waals surface area contributed by atoms with Crippen LogP contribution in [0.2, 0.25) is 0 Å². The maximum atomic E-state index is 6.17. The Kier molecular flexibility index (Phi) is 4.22. The molecule has 5 heteroatoms. The third-order valence-electron chi connectivity index (χ3n) is 5.49. The van der Waals surface area contributed by atoms with Crippen LogP contribution in [0.4, 0.5) is 5.82 Å². The summed E-state index contributed by atoms with van der Waals surface area (Å²) < 4.78 is 12.3. The van der Waals surface area contributed by atoms with Gasteiger partial charge in [0.05, 0.1) is 11.2 Å². The van der Waals surface area contributed by atoms with Gasteiger partial charge in [0.15, 0.2) is 0 Å². The molecular weight excluding hydrogens is 287 g/mol. The number of piperidine rings is 1. The predicted octanol–water partition coefficient (Wildman–Crippen LogP) is 2.86. The number of nitrogens with zero attached hydrogens (tertiary/aromatic N) is 2. The summed E-state index contributed by atoms with van der Waals surface area (Å²) in [4.78, 5) is 6.99. The average Bonchev–Trinajstić information content (AvgIpc) is 2.67. The summed E-state index contributed by atoms with van der Waals surface area (Å²) in [6, 6.07) is 4.13. The normalized spacial score (nSPS) is 29.8. The number of hydrogen-bond donors (Lipinski definition) is 0. The van der Waals surface area contributed by atoms with E-state index in [-0.39, 0.29) is 18.3 Å². The molecule has 2 saturated heterocycles. The second kappa shape index (κ2) is 5.78. The van der Waals surface area contributed by atoms with Gasteiger partial charge in [-0.05, 0) is 63.5 Å². The van der Waals surface area contributed by atoms with Crippen molar-refractivity contribution >= 4 is 18.4 Å². The fourth-order valence-corrected chi connectivity index (χ4v) is 3.58. The average molecular weight is 316 g/mol. The third-order valence-corrected chi connectivity index (χ3v) is 5.49. The van der Waals surface area contributed by atoms with Crippen molar-refractivity contribution in [2.24, 2.45) is 11.8 Å². The molecule has 0 spiro atoms. The summed E-state index contributed by atoms with van der Waals surface area (Å²) in [7, 11) is -0.318. The number of rotatable bonds is 2. The van der Waals surface area contributed by atoms with Crippen LogP contribution in [0.1, 0.15) is 48.0 Å². The van der Waals surface area contributed by atoms with Crippen molar-refractivity contribution in [1.82, 2.24) is 4.98 Å². The Hall–Kier alpha value is -1.07. The van der Waals surface area contributed by atoms with E-state index < -0.39 is 0 Å². The highest BCUT2D eigenvalue weighted by Gasteiger charge is 2.51. The monoisotopic (exact) mass is 316 g/mol. The molecule has 3 rings (SSSR count). The van der Waals surface area contributed by atoms with Gasteiger partial charge in [0.25, 0.3) is 0 Å². The number of pyridine rings is 1. The van der Waals surface area contributed by atoms with Crippen LogP contribution in [-0.4, -0.2) is 36.4 Å². The van der Waals surface area contributed by atoms with Crippen LogP contribution >= 0.6 is 0 Å². The minimum Gasteiger partial charge on any atom is -0.399 e. The van der Waals surface area contributed by atoms with Crippen LogP contribution in [0, 0.1) is 11.8 Å². The first-order valence-corrected chi connectivity index (χ1v) is 8.74. The lowest BCUT2D eigenvalue weighted by atomic mass is 9.79. The molecule has 126 valence electrons. The summed E-state index contributed by atoms with van der Waals surface area (Å²) in [5.41, 5.74) is 0.435.